The third kappa shape index (κ3) is 2.97. The molecule has 30 heavy (non-hydrogen) atoms. The van der Waals surface area contributed by atoms with Crippen LogP contribution in [0.5, 0.6) is 5.75 Å². The first-order chi connectivity index (χ1) is 14.4. The zero-order valence-corrected chi connectivity index (χ0v) is 18.7. The van der Waals surface area contributed by atoms with Crippen LogP contribution in [0.25, 0.3) is 10.9 Å². The molecule has 0 aliphatic carbocycles. The maximum Gasteiger partial charge on any atom is 0.369 e. The molecule has 0 atom stereocenters. The van der Waals surface area contributed by atoms with Gasteiger partial charge in [-0.1, -0.05) is 39.3 Å². The molecule has 1 saturated heterocycles. The molecule has 4 heterocycles. The molecule has 0 unspecified atom stereocenters. The first-order valence-electron chi connectivity index (χ1n) is 9.00. The van der Waals surface area contributed by atoms with Crippen LogP contribution in [0.2, 0.25) is 5.02 Å². The van der Waals surface area contributed by atoms with Gasteiger partial charge in [0.2, 0.25) is 0 Å². The van der Waals surface area contributed by atoms with Crippen molar-refractivity contribution in [2.24, 2.45) is 0 Å². The highest BCUT2D eigenvalue weighted by atomic mass is 79.9. The Balaban J connectivity index is 1.54. The van der Waals surface area contributed by atoms with Crippen molar-refractivity contribution < 1.29 is 18.3 Å². The summed E-state index contributed by atoms with van der Waals surface area (Å²) in [6.07, 6.45) is 1.27. The molecule has 154 valence electrons. The van der Waals surface area contributed by atoms with Gasteiger partial charge in [0.25, 0.3) is 5.91 Å². The number of ether oxygens (including phenoxy) is 1. The van der Waals surface area contributed by atoms with Crippen LogP contribution in [-0.2, 0) is 0 Å². The van der Waals surface area contributed by atoms with Crippen LogP contribution in [-0.4, -0.2) is 52.4 Å². The molecule has 2 aliphatic heterocycles. The van der Waals surface area contributed by atoms with E-state index in [4.69, 9.17) is 16.3 Å². The topological polar surface area (TPSA) is 50.6 Å². The summed E-state index contributed by atoms with van der Waals surface area (Å²) in [5, 5.41) is 0.572. The van der Waals surface area contributed by atoms with E-state index in [1.807, 2.05) is 4.90 Å². The fourth-order valence-corrected chi connectivity index (χ4v) is 6.04. The lowest BCUT2D eigenvalue weighted by molar-refractivity contribution is 0.0847. The first kappa shape index (κ1) is 20.0. The van der Waals surface area contributed by atoms with E-state index in [0.717, 1.165) is 6.20 Å². The highest BCUT2D eigenvalue weighted by Gasteiger charge is 2.43. The Morgan fingerprint density at radius 3 is 2.87 bits per heavy atom. The van der Waals surface area contributed by atoms with Gasteiger partial charge in [-0.3, -0.25) is 8.77 Å². The van der Waals surface area contributed by atoms with Crippen molar-refractivity contribution in [2.75, 3.05) is 31.5 Å². The number of amides is 1. The normalized spacial score (nSPS) is 16.2. The van der Waals surface area contributed by atoms with Crippen LogP contribution in [0.1, 0.15) is 10.5 Å². The minimum atomic E-state index is -0.565. The maximum atomic E-state index is 14.8. The van der Waals surface area contributed by atoms with Gasteiger partial charge < -0.3 is 14.4 Å². The maximum absolute atomic E-state index is 14.8. The molecule has 1 aromatic carbocycles. The molecule has 5 rings (SSSR count). The van der Waals surface area contributed by atoms with Crippen molar-refractivity contribution in [2.45, 2.75) is 0 Å². The van der Waals surface area contributed by atoms with E-state index in [0.29, 0.717) is 46.7 Å². The largest absolute Gasteiger partial charge is 0.493 e. The number of methoxy groups -OCH3 is 1. The molecule has 0 N–H and O–H groups in total. The molecule has 2 aromatic heterocycles. The van der Waals surface area contributed by atoms with E-state index in [-0.39, 0.29) is 22.6 Å². The average molecular weight is 514 g/mol. The average Bonchev–Trinajstić information content (AvgIpc) is 3.12. The van der Waals surface area contributed by atoms with E-state index < -0.39 is 11.6 Å². The third-order valence-electron chi connectivity index (χ3n) is 5.25. The summed E-state index contributed by atoms with van der Waals surface area (Å²) >= 11 is 10.8. The van der Waals surface area contributed by atoms with Gasteiger partial charge in [0.1, 0.15) is 11.5 Å². The third-order valence-corrected chi connectivity index (χ3v) is 7.42. The molecule has 1 fully saturated rings. The number of rotatable bonds is 2. The van der Waals surface area contributed by atoms with Gasteiger partial charge in [0.05, 0.1) is 23.8 Å². The van der Waals surface area contributed by atoms with Crippen LogP contribution in [0, 0.1) is 11.6 Å². The summed E-state index contributed by atoms with van der Waals surface area (Å²) in [7, 11) is 1.46. The summed E-state index contributed by atoms with van der Waals surface area (Å²) in [6.45, 7) is 0.965. The van der Waals surface area contributed by atoms with E-state index in [1.165, 1.54) is 31.0 Å². The van der Waals surface area contributed by atoms with Crippen molar-refractivity contribution >= 4 is 68.1 Å². The zero-order valence-electron chi connectivity index (χ0n) is 15.5. The quantitative estimate of drug-likeness (QED) is 0.379. The Morgan fingerprint density at radius 1 is 1.30 bits per heavy atom. The lowest BCUT2D eigenvalue weighted by Crippen LogP contribution is -2.59. The smallest absolute Gasteiger partial charge is 0.369 e. The molecule has 0 saturated carbocycles. The Hall–Kier alpha value is -1.98. The number of hydrogen-bond acceptors (Lipinski definition) is 5. The van der Waals surface area contributed by atoms with Gasteiger partial charge in [0.15, 0.2) is 17.4 Å². The van der Waals surface area contributed by atoms with E-state index in [9.17, 15) is 13.6 Å². The monoisotopic (exact) mass is 512 g/mol. The molecule has 0 bridgehead atoms. The number of carbonyl (C=O) groups excluding carboxylic acids is 1. The minimum absolute atomic E-state index is 0.0173. The lowest BCUT2D eigenvalue weighted by atomic mass is 9.84. The van der Waals surface area contributed by atoms with Crippen LogP contribution in [0.15, 0.2) is 28.9 Å². The van der Waals surface area contributed by atoms with Gasteiger partial charge in [-0.25, -0.2) is 13.8 Å². The van der Waals surface area contributed by atoms with Crippen molar-refractivity contribution in [1.82, 2.24) is 13.8 Å². The van der Waals surface area contributed by atoms with Gasteiger partial charge in [-0.2, -0.15) is 0 Å². The fourth-order valence-electron chi connectivity index (χ4n) is 3.84. The van der Waals surface area contributed by atoms with Gasteiger partial charge in [-0.05, 0) is 12.1 Å². The second-order valence-corrected chi connectivity index (χ2v) is 9.31. The Bertz CT molecular complexity index is 1210. The fraction of sp³-hybridized carbons (Fsp3) is 0.222. The predicted molar refractivity (Wildman–Crippen MR) is 117 cm³/mol. The van der Waals surface area contributed by atoms with E-state index in [1.54, 1.807) is 14.8 Å². The van der Waals surface area contributed by atoms with Crippen molar-refractivity contribution in [3.8, 4) is 5.75 Å². The van der Waals surface area contributed by atoms with Crippen LogP contribution in [0.4, 0.5) is 14.6 Å². The van der Waals surface area contributed by atoms with E-state index >= 15 is 0 Å². The number of aromatic nitrogens is 2. The number of nitrogens with zero attached hydrogens (tertiary/aromatic N) is 4. The molecule has 3 aromatic rings. The molecule has 1 amide bonds. The SMILES string of the molecule is COc1cc(F)cnc1N1CCN2B(C1)Sn1c(cc3c(Br)cc(Cl)c(F)c31)C2=O. The molecular formula is C18H13BBrClF2N4O2S. The molecule has 6 nitrogen and oxygen atoms in total. The Labute approximate surface area is 188 Å². The molecular weight excluding hydrogens is 500 g/mol. The van der Waals surface area contributed by atoms with Crippen LogP contribution in [0.3, 0.4) is 0 Å². The van der Waals surface area contributed by atoms with Crippen molar-refractivity contribution in [3.63, 3.8) is 0 Å². The molecule has 0 spiro atoms. The summed E-state index contributed by atoms with van der Waals surface area (Å²) < 4.78 is 35.9. The van der Waals surface area contributed by atoms with Gasteiger partial charge >= 0.3 is 6.13 Å². The highest BCUT2D eigenvalue weighted by Crippen LogP contribution is 2.40. The van der Waals surface area contributed by atoms with Gasteiger partial charge in [-0.15, -0.1) is 0 Å². The Kier molecular flexibility index (Phi) is 4.87. The van der Waals surface area contributed by atoms with Gasteiger partial charge in [0, 0.05) is 35.5 Å². The van der Waals surface area contributed by atoms with Crippen LogP contribution < -0.4 is 9.64 Å². The Morgan fingerprint density at radius 2 is 2.10 bits per heavy atom. The lowest BCUT2D eigenvalue weighted by Gasteiger charge is -2.42. The van der Waals surface area contributed by atoms with Crippen molar-refractivity contribution in [3.05, 3.63) is 51.2 Å². The van der Waals surface area contributed by atoms with E-state index in [2.05, 4.69) is 20.9 Å². The van der Waals surface area contributed by atoms with Crippen molar-refractivity contribution in [1.29, 1.82) is 0 Å². The minimum Gasteiger partial charge on any atom is -0.493 e. The highest BCUT2D eigenvalue weighted by molar-refractivity contribution is 9.10. The number of anilines is 1. The standard InChI is InChI=1S/C18H13BBrClF2N4O2S/c1-29-14-4-9(22)7-24-17(14)25-2-3-26-18(28)13-5-10-11(20)6-12(21)15(23)16(10)27(13)30-19(26)8-25/h4-7H,2-3,8H2,1H3. The number of halogens is 4. The predicted octanol–water partition coefficient (Wildman–Crippen LogP) is 4.24. The summed E-state index contributed by atoms with van der Waals surface area (Å²) in [6, 6.07) is 4.45. The summed E-state index contributed by atoms with van der Waals surface area (Å²) in [5.41, 5.74) is 0.677. The molecule has 12 heteroatoms. The number of fused-ring (bicyclic) bond motifs is 4. The first-order valence-corrected chi connectivity index (χ1v) is 11.0. The molecule has 2 aliphatic rings. The zero-order chi connectivity index (χ0) is 21.2. The summed E-state index contributed by atoms with van der Waals surface area (Å²) in [4.78, 5) is 21.0. The van der Waals surface area contributed by atoms with Crippen LogP contribution >= 0.6 is 39.3 Å². The second-order valence-electron chi connectivity index (χ2n) is 6.92. The number of hydrogen-bond donors (Lipinski definition) is 0. The number of pyridine rings is 1. The number of carbonyl (C=O) groups is 1. The number of benzene rings is 1. The second kappa shape index (κ2) is 7.31. The molecule has 0 radical (unpaired) electrons. The summed E-state index contributed by atoms with van der Waals surface area (Å²) in [5.74, 6) is -0.394.